The van der Waals surface area contributed by atoms with Gasteiger partial charge in [0.05, 0.1) is 0 Å². The monoisotopic (exact) mass is 167 g/mol. The maximum Gasteiger partial charge on any atom is 0.0101 e. The van der Waals surface area contributed by atoms with Crippen molar-refractivity contribution in [3.63, 3.8) is 0 Å². The topological polar surface area (TPSA) is 12.0 Å². The summed E-state index contributed by atoms with van der Waals surface area (Å²) in [4.78, 5) is 0. The van der Waals surface area contributed by atoms with Gasteiger partial charge in [0.15, 0.2) is 0 Å². The lowest BCUT2D eigenvalue weighted by molar-refractivity contribution is 0.382. The molecule has 0 amide bonds. The van der Waals surface area contributed by atoms with Crippen LogP contribution >= 0.6 is 0 Å². The van der Waals surface area contributed by atoms with Crippen molar-refractivity contribution in [1.29, 1.82) is 0 Å². The molecule has 0 aliphatic heterocycles. The quantitative estimate of drug-likeness (QED) is 0.599. The average Bonchev–Trinajstić information content (AvgIpc) is 2.04. The predicted molar refractivity (Wildman–Crippen MR) is 55.0 cm³/mol. The molecule has 12 heavy (non-hydrogen) atoms. The molecule has 0 aliphatic rings. The first kappa shape index (κ1) is 11.5. The average molecular weight is 167 g/mol. The molecule has 0 radical (unpaired) electrons. The zero-order chi connectivity index (χ0) is 9.40. The van der Waals surface area contributed by atoms with Crippen molar-refractivity contribution in [2.75, 3.05) is 6.54 Å². The van der Waals surface area contributed by atoms with Crippen LogP contribution in [0.5, 0.6) is 0 Å². The normalized spacial score (nSPS) is 12.9. The van der Waals surface area contributed by atoms with Crippen LogP contribution in [-0.4, -0.2) is 12.6 Å². The highest BCUT2D eigenvalue weighted by atomic mass is 14.9. The van der Waals surface area contributed by atoms with Crippen LogP contribution in [0.1, 0.15) is 40.0 Å². The highest BCUT2D eigenvalue weighted by Gasteiger charge is 2.10. The molecule has 0 aromatic heterocycles. The lowest BCUT2D eigenvalue weighted by Crippen LogP contribution is -2.34. The summed E-state index contributed by atoms with van der Waals surface area (Å²) in [5.41, 5.74) is 0. The van der Waals surface area contributed by atoms with E-state index in [1.807, 2.05) is 0 Å². The molecule has 0 aliphatic carbocycles. The van der Waals surface area contributed by atoms with Gasteiger partial charge in [-0.05, 0) is 25.3 Å². The molecule has 70 valence electrons. The SMILES string of the molecule is C#CCCC(NCCC)C(C)C. The van der Waals surface area contributed by atoms with E-state index >= 15 is 0 Å². The highest BCUT2D eigenvalue weighted by Crippen LogP contribution is 2.07. The van der Waals surface area contributed by atoms with Gasteiger partial charge in [0.2, 0.25) is 0 Å². The first-order valence-corrected chi connectivity index (χ1v) is 4.89. The molecule has 0 saturated carbocycles. The number of rotatable bonds is 6. The van der Waals surface area contributed by atoms with Crippen LogP contribution < -0.4 is 5.32 Å². The predicted octanol–water partition coefficient (Wildman–Crippen LogP) is 2.42. The van der Waals surface area contributed by atoms with E-state index in [4.69, 9.17) is 6.42 Å². The standard InChI is InChI=1S/C11H21N/c1-5-7-8-11(10(3)4)12-9-6-2/h1,10-12H,6-9H2,2-4H3. The Kier molecular flexibility index (Phi) is 6.90. The Hall–Kier alpha value is -0.480. The highest BCUT2D eigenvalue weighted by molar-refractivity contribution is 4.86. The summed E-state index contributed by atoms with van der Waals surface area (Å²) in [6, 6.07) is 0.598. The third kappa shape index (κ3) is 5.21. The molecule has 0 aromatic rings. The van der Waals surface area contributed by atoms with Crippen molar-refractivity contribution in [3.8, 4) is 12.3 Å². The first-order valence-electron chi connectivity index (χ1n) is 4.89. The Morgan fingerprint density at radius 2 is 2.08 bits per heavy atom. The Labute approximate surface area is 76.9 Å². The molecule has 0 heterocycles. The van der Waals surface area contributed by atoms with Gasteiger partial charge in [0.1, 0.15) is 0 Å². The van der Waals surface area contributed by atoms with Crippen LogP contribution in [0.15, 0.2) is 0 Å². The van der Waals surface area contributed by atoms with Gasteiger partial charge >= 0.3 is 0 Å². The fourth-order valence-electron chi connectivity index (χ4n) is 1.24. The fraction of sp³-hybridized carbons (Fsp3) is 0.818. The van der Waals surface area contributed by atoms with Crippen LogP contribution in [0, 0.1) is 18.3 Å². The van der Waals surface area contributed by atoms with E-state index in [0.717, 1.165) is 19.4 Å². The summed E-state index contributed by atoms with van der Waals surface area (Å²) in [6.45, 7) is 7.77. The minimum absolute atomic E-state index is 0.598. The summed E-state index contributed by atoms with van der Waals surface area (Å²) in [5.74, 6) is 3.37. The Morgan fingerprint density at radius 1 is 1.42 bits per heavy atom. The Balaban J connectivity index is 3.64. The Morgan fingerprint density at radius 3 is 2.50 bits per heavy atom. The summed E-state index contributed by atoms with van der Waals surface area (Å²) >= 11 is 0. The minimum Gasteiger partial charge on any atom is -0.314 e. The third-order valence-electron chi connectivity index (χ3n) is 2.06. The second-order valence-electron chi connectivity index (χ2n) is 3.55. The smallest absolute Gasteiger partial charge is 0.0101 e. The molecule has 0 rings (SSSR count). The number of terminal acetylenes is 1. The van der Waals surface area contributed by atoms with E-state index in [0.29, 0.717) is 12.0 Å². The van der Waals surface area contributed by atoms with Crippen molar-refractivity contribution < 1.29 is 0 Å². The van der Waals surface area contributed by atoms with Gasteiger partial charge in [-0.3, -0.25) is 0 Å². The second kappa shape index (κ2) is 7.18. The Bertz CT molecular complexity index is 132. The number of hydrogen-bond donors (Lipinski definition) is 1. The summed E-state index contributed by atoms with van der Waals surface area (Å²) < 4.78 is 0. The van der Waals surface area contributed by atoms with Crippen molar-refractivity contribution in [3.05, 3.63) is 0 Å². The van der Waals surface area contributed by atoms with Crippen molar-refractivity contribution in [2.24, 2.45) is 5.92 Å². The lowest BCUT2D eigenvalue weighted by atomic mass is 9.99. The van der Waals surface area contributed by atoms with Gasteiger partial charge in [-0.1, -0.05) is 20.8 Å². The molecule has 0 bridgehead atoms. The van der Waals surface area contributed by atoms with Crippen LogP contribution in [0.2, 0.25) is 0 Å². The maximum absolute atomic E-state index is 5.23. The van der Waals surface area contributed by atoms with Crippen molar-refractivity contribution in [1.82, 2.24) is 5.32 Å². The fourth-order valence-corrected chi connectivity index (χ4v) is 1.24. The van der Waals surface area contributed by atoms with Crippen LogP contribution in [0.3, 0.4) is 0 Å². The zero-order valence-corrected chi connectivity index (χ0v) is 8.56. The van der Waals surface area contributed by atoms with Gasteiger partial charge in [0, 0.05) is 12.5 Å². The summed E-state index contributed by atoms with van der Waals surface area (Å²) in [6.07, 6.45) is 8.42. The van der Waals surface area contributed by atoms with Crippen LogP contribution in [0.25, 0.3) is 0 Å². The zero-order valence-electron chi connectivity index (χ0n) is 8.56. The van der Waals surface area contributed by atoms with Gasteiger partial charge in [0.25, 0.3) is 0 Å². The van der Waals surface area contributed by atoms with Crippen molar-refractivity contribution in [2.45, 2.75) is 46.1 Å². The second-order valence-corrected chi connectivity index (χ2v) is 3.55. The van der Waals surface area contributed by atoms with E-state index in [1.54, 1.807) is 0 Å². The molecule has 0 saturated heterocycles. The van der Waals surface area contributed by atoms with Crippen LogP contribution in [-0.2, 0) is 0 Å². The largest absolute Gasteiger partial charge is 0.314 e. The first-order chi connectivity index (χ1) is 5.72. The molecule has 1 heteroatoms. The molecule has 0 aromatic carbocycles. The molecule has 0 spiro atoms. The van der Waals surface area contributed by atoms with E-state index in [-0.39, 0.29) is 0 Å². The number of hydrogen-bond acceptors (Lipinski definition) is 1. The van der Waals surface area contributed by atoms with Gasteiger partial charge in [-0.15, -0.1) is 12.3 Å². The van der Waals surface area contributed by atoms with Gasteiger partial charge in [-0.25, -0.2) is 0 Å². The molecule has 1 nitrogen and oxygen atoms in total. The van der Waals surface area contributed by atoms with E-state index < -0.39 is 0 Å². The summed E-state index contributed by atoms with van der Waals surface area (Å²) in [7, 11) is 0. The van der Waals surface area contributed by atoms with E-state index in [1.165, 1.54) is 6.42 Å². The van der Waals surface area contributed by atoms with Gasteiger partial charge in [-0.2, -0.15) is 0 Å². The van der Waals surface area contributed by atoms with Gasteiger partial charge < -0.3 is 5.32 Å². The maximum atomic E-state index is 5.23. The number of nitrogens with one attached hydrogen (secondary N) is 1. The summed E-state index contributed by atoms with van der Waals surface area (Å²) in [5, 5.41) is 3.51. The van der Waals surface area contributed by atoms with E-state index in [2.05, 4.69) is 32.0 Å². The molecule has 1 unspecified atom stereocenters. The molecular formula is C11H21N. The molecule has 0 fully saturated rings. The van der Waals surface area contributed by atoms with Crippen molar-refractivity contribution >= 4 is 0 Å². The molecule has 1 atom stereocenters. The van der Waals surface area contributed by atoms with E-state index in [9.17, 15) is 0 Å². The molecule has 1 N–H and O–H groups in total. The molecular weight excluding hydrogens is 146 g/mol. The minimum atomic E-state index is 0.598. The lowest BCUT2D eigenvalue weighted by Gasteiger charge is -2.21. The van der Waals surface area contributed by atoms with Crippen LogP contribution in [0.4, 0.5) is 0 Å². The third-order valence-corrected chi connectivity index (χ3v) is 2.06.